The number of hydrogen-bond acceptors (Lipinski definition) is 4. The Balaban J connectivity index is 2.54. The van der Waals surface area contributed by atoms with Crippen LogP contribution in [0.25, 0.3) is 6.08 Å². The zero-order chi connectivity index (χ0) is 14.0. The van der Waals surface area contributed by atoms with Crippen molar-refractivity contribution in [1.82, 2.24) is 0 Å². The standard InChI is InChI=1S/C13H16NO4P/c1-10(15)14-12-7-5-4-6-11(12)8-9-13(14)19(16,17-2)18-3/h4-9,13H,1-3H3. The molecule has 0 aromatic heterocycles. The second kappa shape index (κ2) is 5.29. The number of para-hydroxylation sites is 1. The van der Waals surface area contributed by atoms with Crippen molar-refractivity contribution in [3.05, 3.63) is 35.9 Å². The van der Waals surface area contributed by atoms with Crippen molar-refractivity contribution in [2.45, 2.75) is 12.7 Å². The maximum atomic E-state index is 12.5. The van der Waals surface area contributed by atoms with Crippen LogP contribution in [0.3, 0.4) is 0 Å². The number of carbonyl (C=O) groups excluding carboxylic acids is 1. The van der Waals surface area contributed by atoms with Gasteiger partial charge in [-0.15, -0.1) is 0 Å². The molecule has 1 amide bonds. The van der Waals surface area contributed by atoms with Crippen LogP contribution in [0.2, 0.25) is 0 Å². The van der Waals surface area contributed by atoms with E-state index in [1.807, 2.05) is 30.3 Å². The molecule has 0 radical (unpaired) electrons. The molecule has 0 N–H and O–H groups in total. The highest BCUT2D eigenvalue weighted by atomic mass is 31.2. The zero-order valence-corrected chi connectivity index (χ0v) is 12.0. The molecular formula is C13H16NO4P. The summed E-state index contributed by atoms with van der Waals surface area (Å²) < 4.78 is 22.6. The average Bonchev–Trinajstić information content (AvgIpc) is 2.45. The van der Waals surface area contributed by atoms with Gasteiger partial charge in [0.15, 0.2) is 5.78 Å². The van der Waals surface area contributed by atoms with Crippen LogP contribution in [-0.2, 0) is 18.4 Å². The molecule has 1 unspecified atom stereocenters. The molecule has 1 aromatic carbocycles. The van der Waals surface area contributed by atoms with Gasteiger partial charge in [-0.25, -0.2) is 0 Å². The van der Waals surface area contributed by atoms with E-state index in [1.54, 1.807) is 6.08 Å². The smallest absolute Gasteiger partial charge is 0.310 e. The summed E-state index contributed by atoms with van der Waals surface area (Å²) in [5.41, 5.74) is 1.60. The first-order chi connectivity index (χ1) is 9.03. The number of carbonyl (C=O) groups is 1. The van der Waals surface area contributed by atoms with E-state index in [9.17, 15) is 9.36 Å². The first-order valence-electron chi connectivity index (χ1n) is 5.81. The lowest BCUT2D eigenvalue weighted by molar-refractivity contribution is -0.116. The van der Waals surface area contributed by atoms with Gasteiger partial charge in [0, 0.05) is 21.1 Å². The van der Waals surface area contributed by atoms with Gasteiger partial charge < -0.3 is 9.05 Å². The van der Waals surface area contributed by atoms with Gasteiger partial charge in [0.25, 0.3) is 0 Å². The van der Waals surface area contributed by atoms with Crippen LogP contribution >= 0.6 is 7.60 Å². The van der Waals surface area contributed by atoms with E-state index in [0.29, 0.717) is 5.69 Å². The van der Waals surface area contributed by atoms with Gasteiger partial charge in [0.05, 0.1) is 5.69 Å². The van der Waals surface area contributed by atoms with E-state index in [2.05, 4.69) is 0 Å². The topological polar surface area (TPSA) is 55.8 Å². The molecule has 102 valence electrons. The molecule has 0 saturated carbocycles. The Bertz CT molecular complexity index is 562. The number of amides is 1. The summed E-state index contributed by atoms with van der Waals surface area (Å²) >= 11 is 0. The average molecular weight is 281 g/mol. The summed E-state index contributed by atoms with van der Waals surface area (Å²) in [5.74, 6) is -0.953. The first-order valence-corrected chi connectivity index (χ1v) is 7.43. The van der Waals surface area contributed by atoms with E-state index in [-0.39, 0.29) is 5.91 Å². The summed E-state index contributed by atoms with van der Waals surface area (Å²) in [6.07, 6.45) is 3.50. The SMILES string of the molecule is COP(=O)(OC)C1C=Cc2ccccc2N1C(C)=O. The van der Waals surface area contributed by atoms with Crippen molar-refractivity contribution in [2.24, 2.45) is 0 Å². The van der Waals surface area contributed by atoms with E-state index in [4.69, 9.17) is 9.05 Å². The molecule has 0 aliphatic carbocycles. The monoisotopic (exact) mass is 281 g/mol. The van der Waals surface area contributed by atoms with Crippen molar-refractivity contribution in [3.8, 4) is 0 Å². The molecule has 0 saturated heterocycles. The van der Waals surface area contributed by atoms with Crippen LogP contribution in [-0.4, -0.2) is 25.9 Å². The van der Waals surface area contributed by atoms with Crippen LogP contribution in [0.4, 0.5) is 5.69 Å². The predicted molar refractivity (Wildman–Crippen MR) is 74.0 cm³/mol. The zero-order valence-electron chi connectivity index (χ0n) is 11.1. The minimum absolute atomic E-state index is 0.212. The molecule has 1 atom stereocenters. The number of hydrogen-bond donors (Lipinski definition) is 0. The quantitative estimate of drug-likeness (QED) is 0.799. The number of nitrogens with zero attached hydrogens (tertiary/aromatic N) is 1. The van der Waals surface area contributed by atoms with E-state index in [1.165, 1.54) is 26.0 Å². The van der Waals surface area contributed by atoms with Gasteiger partial charge >= 0.3 is 7.60 Å². The van der Waals surface area contributed by atoms with Gasteiger partial charge in [0.1, 0.15) is 0 Å². The Morgan fingerprint density at radius 3 is 2.47 bits per heavy atom. The largest absolute Gasteiger partial charge is 0.356 e. The van der Waals surface area contributed by atoms with Crippen LogP contribution in [0.15, 0.2) is 30.3 Å². The lowest BCUT2D eigenvalue weighted by Crippen LogP contribution is -2.40. The molecule has 1 aliphatic rings. The minimum atomic E-state index is -3.40. The lowest BCUT2D eigenvalue weighted by atomic mass is 10.1. The van der Waals surface area contributed by atoms with Gasteiger partial charge in [-0.1, -0.05) is 24.3 Å². The van der Waals surface area contributed by atoms with Gasteiger partial charge in [-0.3, -0.25) is 14.3 Å². The Morgan fingerprint density at radius 2 is 1.89 bits per heavy atom. The molecule has 19 heavy (non-hydrogen) atoms. The molecule has 1 aromatic rings. The molecule has 1 aliphatic heterocycles. The molecule has 5 nitrogen and oxygen atoms in total. The first kappa shape index (κ1) is 14.0. The highest BCUT2D eigenvalue weighted by molar-refractivity contribution is 7.55. The van der Waals surface area contributed by atoms with Crippen molar-refractivity contribution >= 4 is 25.3 Å². The fourth-order valence-electron chi connectivity index (χ4n) is 2.16. The van der Waals surface area contributed by atoms with E-state index in [0.717, 1.165) is 5.56 Å². The highest BCUT2D eigenvalue weighted by Gasteiger charge is 2.41. The highest BCUT2D eigenvalue weighted by Crippen LogP contribution is 2.55. The van der Waals surface area contributed by atoms with Gasteiger partial charge in [-0.05, 0) is 17.7 Å². The van der Waals surface area contributed by atoms with E-state index < -0.39 is 13.4 Å². The summed E-state index contributed by atoms with van der Waals surface area (Å²) in [5, 5.41) is 0. The van der Waals surface area contributed by atoms with Gasteiger partial charge in [0.2, 0.25) is 5.91 Å². The lowest BCUT2D eigenvalue weighted by Gasteiger charge is -2.35. The van der Waals surface area contributed by atoms with Crippen LogP contribution in [0.1, 0.15) is 12.5 Å². The van der Waals surface area contributed by atoms with Crippen LogP contribution < -0.4 is 4.90 Å². The second-order valence-corrected chi connectivity index (χ2v) is 6.46. The number of benzene rings is 1. The maximum absolute atomic E-state index is 12.5. The van der Waals surface area contributed by atoms with E-state index >= 15 is 0 Å². The Labute approximate surface area is 112 Å². The molecule has 1 heterocycles. The Hall–Kier alpha value is -1.42. The van der Waals surface area contributed by atoms with Crippen molar-refractivity contribution in [2.75, 3.05) is 19.1 Å². The van der Waals surface area contributed by atoms with Crippen LogP contribution in [0, 0.1) is 0 Å². The fraction of sp³-hybridized carbons (Fsp3) is 0.308. The number of fused-ring (bicyclic) bond motifs is 1. The molecule has 2 rings (SSSR count). The Morgan fingerprint density at radius 1 is 1.26 bits per heavy atom. The summed E-state index contributed by atoms with van der Waals surface area (Å²) in [7, 11) is -0.771. The Kier molecular flexibility index (Phi) is 3.90. The minimum Gasteiger partial charge on any atom is -0.310 e. The van der Waals surface area contributed by atoms with Crippen molar-refractivity contribution < 1.29 is 18.4 Å². The second-order valence-electron chi connectivity index (χ2n) is 4.13. The molecule has 6 heteroatoms. The fourth-order valence-corrected chi connectivity index (χ4v) is 3.61. The normalized spacial score (nSPS) is 18.3. The molecule has 0 fully saturated rings. The predicted octanol–water partition coefficient (Wildman–Crippen LogP) is 2.88. The maximum Gasteiger partial charge on any atom is 0.356 e. The van der Waals surface area contributed by atoms with Crippen LogP contribution in [0.5, 0.6) is 0 Å². The summed E-state index contributed by atoms with van der Waals surface area (Å²) in [6, 6.07) is 7.41. The number of anilines is 1. The molecule has 0 bridgehead atoms. The van der Waals surface area contributed by atoms with Crippen molar-refractivity contribution in [3.63, 3.8) is 0 Å². The summed E-state index contributed by atoms with van der Waals surface area (Å²) in [4.78, 5) is 13.4. The van der Waals surface area contributed by atoms with Gasteiger partial charge in [-0.2, -0.15) is 0 Å². The third-order valence-corrected chi connectivity index (χ3v) is 5.15. The molecular weight excluding hydrogens is 265 g/mol. The molecule has 0 spiro atoms. The number of rotatable bonds is 3. The summed E-state index contributed by atoms with van der Waals surface area (Å²) in [6.45, 7) is 1.43. The van der Waals surface area contributed by atoms with Crippen molar-refractivity contribution in [1.29, 1.82) is 0 Å². The third-order valence-electron chi connectivity index (χ3n) is 3.08. The third kappa shape index (κ3) is 2.37.